The van der Waals surface area contributed by atoms with Gasteiger partial charge >= 0.3 is 0 Å². The standard InChI is InChI=1S/C14H19ClN2O/c1-3-14(2,9-18)17-8-10-7-16-13-6-11(15)4-5-12(10)13/h4-7,16-18H,3,8-9H2,1-2H3. The second-order valence-corrected chi connectivity index (χ2v) is 5.37. The smallest absolute Gasteiger partial charge is 0.0610 e. The molecule has 2 aromatic rings. The van der Waals surface area contributed by atoms with Crippen LogP contribution in [0.15, 0.2) is 24.4 Å². The van der Waals surface area contributed by atoms with Gasteiger partial charge in [-0.15, -0.1) is 0 Å². The molecule has 0 saturated carbocycles. The Kier molecular flexibility index (Phi) is 3.95. The third-order valence-corrected chi connectivity index (χ3v) is 3.80. The summed E-state index contributed by atoms with van der Waals surface area (Å²) in [7, 11) is 0. The van der Waals surface area contributed by atoms with Crippen molar-refractivity contribution in [2.45, 2.75) is 32.4 Å². The first-order chi connectivity index (χ1) is 8.58. The highest BCUT2D eigenvalue weighted by Gasteiger charge is 2.20. The Balaban J connectivity index is 2.17. The maximum absolute atomic E-state index is 9.38. The van der Waals surface area contributed by atoms with Gasteiger partial charge in [-0.2, -0.15) is 0 Å². The number of hydrogen-bond donors (Lipinski definition) is 3. The number of aliphatic hydroxyl groups is 1. The van der Waals surface area contributed by atoms with E-state index in [1.165, 1.54) is 10.9 Å². The van der Waals surface area contributed by atoms with E-state index in [4.69, 9.17) is 11.6 Å². The molecule has 3 nitrogen and oxygen atoms in total. The minimum absolute atomic E-state index is 0.137. The Bertz CT molecular complexity index is 532. The van der Waals surface area contributed by atoms with E-state index in [2.05, 4.69) is 17.2 Å². The minimum atomic E-state index is -0.226. The Labute approximate surface area is 112 Å². The Morgan fingerprint density at radius 2 is 2.22 bits per heavy atom. The van der Waals surface area contributed by atoms with Crippen molar-refractivity contribution in [1.29, 1.82) is 0 Å². The van der Waals surface area contributed by atoms with E-state index in [9.17, 15) is 5.11 Å². The maximum atomic E-state index is 9.38. The van der Waals surface area contributed by atoms with Crippen molar-refractivity contribution in [3.8, 4) is 0 Å². The average Bonchev–Trinajstić information content (AvgIpc) is 2.78. The van der Waals surface area contributed by atoms with Crippen LogP contribution in [0.25, 0.3) is 10.9 Å². The monoisotopic (exact) mass is 266 g/mol. The molecule has 0 aliphatic heterocycles. The van der Waals surface area contributed by atoms with Crippen LogP contribution in [0.1, 0.15) is 25.8 Å². The molecular formula is C14H19ClN2O. The van der Waals surface area contributed by atoms with E-state index >= 15 is 0 Å². The normalized spacial score (nSPS) is 14.9. The van der Waals surface area contributed by atoms with Crippen molar-refractivity contribution in [1.82, 2.24) is 10.3 Å². The lowest BCUT2D eigenvalue weighted by Crippen LogP contribution is -2.44. The second kappa shape index (κ2) is 5.31. The van der Waals surface area contributed by atoms with Crippen LogP contribution in [0, 0.1) is 0 Å². The Morgan fingerprint density at radius 1 is 1.44 bits per heavy atom. The molecule has 3 N–H and O–H groups in total. The van der Waals surface area contributed by atoms with E-state index in [1.54, 1.807) is 0 Å². The molecular weight excluding hydrogens is 248 g/mol. The van der Waals surface area contributed by atoms with Crippen molar-refractivity contribution in [3.63, 3.8) is 0 Å². The number of aromatic nitrogens is 1. The lowest BCUT2D eigenvalue weighted by atomic mass is 10.00. The van der Waals surface area contributed by atoms with Crippen molar-refractivity contribution in [3.05, 3.63) is 35.0 Å². The SMILES string of the molecule is CCC(C)(CO)NCc1c[nH]c2cc(Cl)ccc12. The number of aromatic amines is 1. The quantitative estimate of drug-likeness (QED) is 0.779. The van der Waals surface area contributed by atoms with Crippen LogP contribution in [0.5, 0.6) is 0 Å². The third kappa shape index (κ3) is 2.69. The summed E-state index contributed by atoms with van der Waals surface area (Å²) < 4.78 is 0. The maximum Gasteiger partial charge on any atom is 0.0610 e. The molecule has 0 spiro atoms. The average molecular weight is 267 g/mol. The predicted octanol–water partition coefficient (Wildman–Crippen LogP) is 3.07. The number of halogens is 1. The lowest BCUT2D eigenvalue weighted by molar-refractivity contribution is 0.169. The van der Waals surface area contributed by atoms with Gasteiger partial charge in [0.25, 0.3) is 0 Å². The predicted molar refractivity (Wildman–Crippen MR) is 75.9 cm³/mol. The number of rotatable bonds is 5. The summed E-state index contributed by atoms with van der Waals surface area (Å²) in [5, 5.41) is 14.7. The molecule has 0 radical (unpaired) electrons. The van der Waals surface area contributed by atoms with Gasteiger partial charge in [-0.3, -0.25) is 0 Å². The second-order valence-electron chi connectivity index (χ2n) is 4.93. The number of fused-ring (bicyclic) bond motifs is 1. The number of hydrogen-bond acceptors (Lipinski definition) is 2. The van der Waals surface area contributed by atoms with Crippen LogP contribution in [0.3, 0.4) is 0 Å². The van der Waals surface area contributed by atoms with Crippen molar-refractivity contribution >= 4 is 22.5 Å². The third-order valence-electron chi connectivity index (χ3n) is 3.56. The van der Waals surface area contributed by atoms with Gasteiger partial charge in [0.05, 0.1) is 6.61 Å². The summed E-state index contributed by atoms with van der Waals surface area (Å²) in [4.78, 5) is 3.21. The highest BCUT2D eigenvalue weighted by Crippen LogP contribution is 2.22. The molecule has 0 saturated heterocycles. The zero-order chi connectivity index (χ0) is 13.2. The summed E-state index contributed by atoms with van der Waals surface area (Å²) in [5.74, 6) is 0. The molecule has 98 valence electrons. The molecule has 18 heavy (non-hydrogen) atoms. The van der Waals surface area contributed by atoms with Gasteiger partial charge in [-0.1, -0.05) is 24.6 Å². The molecule has 2 rings (SSSR count). The molecule has 0 aliphatic rings. The summed E-state index contributed by atoms with van der Waals surface area (Å²) in [6, 6.07) is 5.84. The number of benzene rings is 1. The first-order valence-electron chi connectivity index (χ1n) is 6.19. The van der Waals surface area contributed by atoms with Crippen LogP contribution < -0.4 is 5.32 Å². The molecule has 4 heteroatoms. The molecule has 1 aromatic heterocycles. The van der Waals surface area contributed by atoms with Gasteiger partial charge in [0.15, 0.2) is 0 Å². The van der Waals surface area contributed by atoms with Crippen molar-refractivity contribution in [2.24, 2.45) is 0 Å². The highest BCUT2D eigenvalue weighted by molar-refractivity contribution is 6.31. The molecule has 0 fully saturated rings. The first-order valence-corrected chi connectivity index (χ1v) is 6.57. The minimum Gasteiger partial charge on any atom is -0.394 e. The van der Waals surface area contributed by atoms with Crippen molar-refractivity contribution < 1.29 is 5.11 Å². The van der Waals surface area contributed by atoms with Gasteiger partial charge in [0.2, 0.25) is 0 Å². The van der Waals surface area contributed by atoms with E-state index in [-0.39, 0.29) is 12.1 Å². The lowest BCUT2D eigenvalue weighted by Gasteiger charge is -2.27. The fraction of sp³-hybridized carbons (Fsp3) is 0.429. The molecule has 1 aromatic carbocycles. The van der Waals surface area contributed by atoms with Crippen LogP contribution >= 0.6 is 11.6 Å². The fourth-order valence-corrected chi connectivity index (χ4v) is 2.08. The zero-order valence-corrected chi connectivity index (χ0v) is 11.5. The molecule has 1 unspecified atom stereocenters. The zero-order valence-electron chi connectivity index (χ0n) is 10.8. The Hall–Kier alpha value is -1.03. The number of nitrogens with one attached hydrogen (secondary N) is 2. The van der Waals surface area contributed by atoms with Gasteiger partial charge in [0, 0.05) is 34.2 Å². The molecule has 1 heterocycles. The summed E-state index contributed by atoms with van der Waals surface area (Å²) in [5.41, 5.74) is 2.01. The van der Waals surface area contributed by atoms with Crippen molar-refractivity contribution in [2.75, 3.05) is 6.61 Å². The van der Waals surface area contributed by atoms with Crippen LogP contribution in [0.4, 0.5) is 0 Å². The van der Waals surface area contributed by atoms with E-state index in [0.717, 1.165) is 23.5 Å². The van der Waals surface area contributed by atoms with Crippen LogP contribution in [-0.2, 0) is 6.54 Å². The Morgan fingerprint density at radius 3 is 2.89 bits per heavy atom. The molecule has 1 atom stereocenters. The topological polar surface area (TPSA) is 48.0 Å². The summed E-state index contributed by atoms with van der Waals surface area (Å²) in [6.45, 7) is 4.96. The first kappa shape index (κ1) is 13.4. The molecule has 0 aliphatic carbocycles. The summed E-state index contributed by atoms with van der Waals surface area (Å²) in [6.07, 6.45) is 2.87. The van der Waals surface area contributed by atoms with Gasteiger partial charge in [-0.05, 0) is 31.0 Å². The van der Waals surface area contributed by atoms with Crippen LogP contribution in [0.2, 0.25) is 5.02 Å². The van der Waals surface area contributed by atoms with Gasteiger partial charge < -0.3 is 15.4 Å². The van der Waals surface area contributed by atoms with Gasteiger partial charge in [0.1, 0.15) is 0 Å². The summed E-state index contributed by atoms with van der Waals surface area (Å²) >= 11 is 5.95. The van der Waals surface area contributed by atoms with E-state index in [1.807, 2.05) is 31.3 Å². The van der Waals surface area contributed by atoms with E-state index in [0.29, 0.717) is 0 Å². The molecule has 0 bridgehead atoms. The van der Waals surface area contributed by atoms with Crippen LogP contribution in [-0.4, -0.2) is 22.2 Å². The largest absolute Gasteiger partial charge is 0.394 e. The highest BCUT2D eigenvalue weighted by atomic mass is 35.5. The van der Waals surface area contributed by atoms with E-state index < -0.39 is 0 Å². The molecule has 0 amide bonds. The number of H-pyrrole nitrogens is 1. The van der Waals surface area contributed by atoms with Gasteiger partial charge in [-0.25, -0.2) is 0 Å². The number of aliphatic hydroxyl groups excluding tert-OH is 1. The fourth-order valence-electron chi connectivity index (χ4n) is 1.91.